The van der Waals surface area contributed by atoms with Gasteiger partial charge in [-0.3, -0.25) is 9.59 Å². The second-order valence-corrected chi connectivity index (χ2v) is 7.89. The first-order valence-electron chi connectivity index (χ1n) is 10.3. The third kappa shape index (κ3) is 5.11. The van der Waals surface area contributed by atoms with Crippen molar-refractivity contribution in [3.05, 3.63) is 69.2 Å². The van der Waals surface area contributed by atoms with Crippen LogP contribution in [0.2, 0.25) is 5.02 Å². The number of ether oxygens (including phenoxy) is 2. The van der Waals surface area contributed by atoms with Gasteiger partial charge in [-0.15, -0.1) is 0 Å². The molecule has 158 valence electrons. The normalized spacial score (nSPS) is 13.7. The number of Topliss-reactive ketones (excluding diaryl/α,β-unsaturated/α-hetero) is 1. The summed E-state index contributed by atoms with van der Waals surface area (Å²) in [6.07, 6.45) is 2.24. The number of carbonyl (C=O) groups excluding carboxylic acids is 2. The van der Waals surface area contributed by atoms with Gasteiger partial charge in [-0.05, 0) is 79.6 Å². The van der Waals surface area contributed by atoms with Crippen LogP contribution in [0.5, 0.6) is 5.75 Å². The topological polar surface area (TPSA) is 52.6 Å². The van der Waals surface area contributed by atoms with E-state index in [2.05, 4.69) is 0 Å². The van der Waals surface area contributed by atoms with Crippen LogP contribution < -0.4 is 4.74 Å². The first-order valence-corrected chi connectivity index (χ1v) is 10.7. The van der Waals surface area contributed by atoms with E-state index in [0.29, 0.717) is 30.9 Å². The van der Waals surface area contributed by atoms with Crippen molar-refractivity contribution in [1.82, 2.24) is 0 Å². The third-order valence-corrected chi connectivity index (χ3v) is 5.87. The van der Waals surface area contributed by atoms with Gasteiger partial charge in [0.2, 0.25) is 0 Å². The molecule has 0 aromatic heterocycles. The summed E-state index contributed by atoms with van der Waals surface area (Å²) in [6, 6.07) is 11.5. The molecule has 30 heavy (non-hydrogen) atoms. The van der Waals surface area contributed by atoms with E-state index in [1.165, 1.54) is 0 Å². The molecular weight excluding hydrogens is 400 g/mol. The Hall–Kier alpha value is -2.59. The molecule has 0 amide bonds. The molecule has 3 rings (SSSR count). The molecule has 5 heteroatoms. The Morgan fingerprint density at radius 2 is 1.77 bits per heavy atom. The number of benzene rings is 2. The van der Waals surface area contributed by atoms with Gasteiger partial charge in [0, 0.05) is 23.4 Å². The van der Waals surface area contributed by atoms with Gasteiger partial charge in [0.05, 0.1) is 6.61 Å². The summed E-state index contributed by atoms with van der Waals surface area (Å²) >= 11 is 5.99. The molecule has 1 aliphatic carbocycles. The molecular formula is C25H27ClO4. The van der Waals surface area contributed by atoms with Crippen LogP contribution >= 0.6 is 11.6 Å². The van der Waals surface area contributed by atoms with Gasteiger partial charge >= 0.3 is 5.97 Å². The van der Waals surface area contributed by atoms with Crippen molar-refractivity contribution in [3.63, 3.8) is 0 Å². The minimum atomic E-state index is -0.184. The molecule has 2 aromatic rings. The minimum absolute atomic E-state index is 0.139. The van der Waals surface area contributed by atoms with Crippen LogP contribution in [0.4, 0.5) is 0 Å². The molecule has 0 aliphatic heterocycles. The quantitative estimate of drug-likeness (QED) is 0.512. The molecule has 0 bridgehead atoms. The largest absolute Gasteiger partial charge is 0.488 e. The number of aryl methyl sites for hydroxylation is 1. The second kappa shape index (κ2) is 9.94. The predicted octanol–water partition coefficient (Wildman–Crippen LogP) is 5.65. The summed E-state index contributed by atoms with van der Waals surface area (Å²) in [7, 11) is 0. The molecule has 4 nitrogen and oxygen atoms in total. The van der Waals surface area contributed by atoms with Crippen LogP contribution in [-0.2, 0) is 20.7 Å². The van der Waals surface area contributed by atoms with E-state index in [-0.39, 0.29) is 18.4 Å². The van der Waals surface area contributed by atoms with Crippen molar-refractivity contribution in [3.8, 4) is 5.75 Å². The number of carbonyl (C=O) groups is 2. The molecule has 0 saturated heterocycles. The molecule has 0 heterocycles. The van der Waals surface area contributed by atoms with Gasteiger partial charge in [-0.25, -0.2) is 0 Å². The van der Waals surface area contributed by atoms with E-state index in [4.69, 9.17) is 21.1 Å². The van der Waals surface area contributed by atoms with Crippen molar-refractivity contribution in [2.24, 2.45) is 0 Å². The highest BCUT2D eigenvalue weighted by atomic mass is 35.5. The van der Waals surface area contributed by atoms with Gasteiger partial charge < -0.3 is 9.47 Å². The lowest BCUT2D eigenvalue weighted by Gasteiger charge is -2.15. The van der Waals surface area contributed by atoms with Gasteiger partial charge in [0.1, 0.15) is 12.4 Å². The third-order valence-electron chi connectivity index (χ3n) is 5.62. The van der Waals surface area contributed by atoms with Gasteiger partial charge in [0.25, 0.3) is 0 Å². The fourth-order valence-corrected chi connectivity index (χ4v) is 3.87. The lowest BCUT2D eigenvalue weighted by atomic mass is 9.98. The Labute approximate surface area is 182 Å². The summed E-state index contributed by atoms with van der Waals surface area (Å²) in [5.74, 6) is 0.715. The number of ketones is 1. The van der Waals surface area contributed by atoms with Crippen molar-refractivity contribution in [1.29, 1.82) is 0 Å². The number of hydrogen-bond donors (Lipinski definition) is 0. The van der Waals surface area contributed by atoms with Crippen LogP contribution in [0, 0.1) is 13.8 Å². The molecule has 0 spiro atoms. The van der Waals surface area contributed by atoms with E-state index >= 15 is 0 Å². The molecule has 0 N–H and O–H groups in total. The first-order chi connectivity index (χ1) is 14.4. The Bertz CT molecular complexity index is 973. The van der Waals surface area contributed by atoms with Crippen molar-refractivity contribution in [2.45, 2.75) is 46.5 Å². The van der Waals surface area contributed by atoms with Crippen LogP contribution in [0.25, 0.3) is 5.57 Å². The zero-order chi connectivity index (χ0) is 21.7. The number of allylic oxidation sites excluding steroid dienone is 1. The SMILES string of the molecule is CCOC(=O)CCc1ccc(OCC2=C(c3ccc(Cl)cc3)CCC2=O)c(C)c1C. The summed E-state index contributed by atoms with van der Waals surface area (Å²) in [4.78, 5) is 24.1. The van der Waals surface area contributed by atoms with E-state index in [1.807, 2.05) is 57.2 Å². The number of rotatable bonds is 8. The molecule has 0 unspecified atom stereocenters. The fraction of sp³-hybridized carbons (Fsp3) is 0.360. The maximum atomic E-state index is 12.4. The van der Waals surface area contributed by atoms with Crippen LogP contribution in [0.3, 0.4) is 0 Å². The average molecular weight is 427 g/mol. The van der Waals surface area contributed by atoms with Gasteiger partial charge in [0.15, 0.2) is 5.78 Å². The average Bonchev–Trinajstić information content (AvgIpc) is 3.09. The number of esters is 1. The van der Waals surface area contributed by atoms with Gasteiger partial charge in [-0.1, -0.05) is 29.8 Å². The molecule has 1 aliphatic rings. The highest BCUT2D eigenvalue weighted by Crippen LogP contribution is 2.33. The van der Waals surface area contributed by atoms with Crippen LogP contribution in [0.1, 0.15) is 48.4 Å². The summed E-state index contributed by atoms with van der Waals surface area (Å²) in [5.41, 5.74) is 6.02. The molecule has 0 saturated carbocycles. The first kappa shape index (κ1) is 22.1. The lowest BCUT2D eigenvalue weighted by molar-refractivity contribution is -0.143. The van der Waals surface area contributed by atoms with E-state index in [0.717, 1.165) is 45.6 Å². The minimum Gasteiger partial charge on any atom is -0.488 e. The molecule has 0 fully saturated rings. The highest BCUT2D eigenvalue weighted by molar-refractivity contribution is 6.30. The number of halogens is 1. The maximum absolute atomic E-state index is 12.4. The predicted molar refractivity (Wildman–Crippen MR) is 119 cm³/mol. The van der Waals surface area contributed by atoms with Crippen molar-refractivity contribution < 1.29 is 19.1 Å². The zero-order valence-corrected chi connectivity index (χ0v) is 18.5. The molecule has 2 aromatic carbocycles. The Kier molecular flexibility index (Phi) is 7.33. The highest BCUT2D eigenvalue weighted by Gasteiger charge is 2.24. The van der Waals surface area contributed by atoms with E-state index in [9.17, 15) is 9.59 Å². The van der Waals surface area contributed by atoms with Crippen LogP contribution in [0.15, 0.2) is 42.0 Å². The van der Waals surface area contributed by atoms with Gasteiger partial charge in [-0.2, -0.15) is 0 Å². The second-order valence-electron chi connectivity index (χ2n) is 7.45. The standard InChI is InChI=1S/C25H27ClO4/c1-4-29-25(28)14-8-18-7-13-24(17(3)16(18)2)30-15-22-21(11-12-23(22)27)19-5-9-20(26)10-6-19/h5-7,9-10,13H,4,8,11-12,14-15H2,1-3H3. The fourth-order valence-electron chi connectivity index (χ4n) is 3.74. The summed E-state index contributed by atoms with van der Waals surface area (Å²) in [5, 5.41) is 0.676. The van der Waals surface area contributed by atoms with Crippen LogP contribution in [-0.4, -0.2) is 25.0 Å². The maximum Gasteiger partial charge on any atom is 0.306 e. The number of hydrogen-bond acceptors (Lipinski definition) is 4. The smallest absolute Gasteiger partial charge is 0.306 e. The Balaban J connectivity index is 1.73. The lowest BCUT2D eigenvalue weighted by Crippen LogP contribution is -2.10. The Morgan fingerprint density at radius 1 is 1.03 bits per heavy atom. The Morgan fingerprint density at radius 3 is 2.47 bits per heavy atom. The monoisotopic (exact) mass is 426 g/mol. The summed E-state index contributed by atoms with van der Waals surface area (Å²) in [6.45, 7) is 6.49. The molecule has 0 atom stereocenters. The zero-order valence-electron chi connectivity index (χ0n) is 17.7. The molecule has 0 radical (unpaired) electrons. The van der Waals surface area contributed by atoms with E-state index in [1.54, 1.807) is 0 Å². The van der Waals surface area contributed by atoms with E-state index < -0.39 is 0 Å². The van der Waals surface area contributed by atoms with Crippen molar-refractivity contribution in [2.75, 3.05) is 13.2 Å². The summed E-state index contributed by atoms with van der Waals surface area (Å²) < 4.78 is 11.1. The van der Waals surface area contributed by atoms with Crippen molar-refractivity contribution >= 4 is 28.9 Å².